The zero-order valence-electron chi connectivity index (χ0n) is 52.2. The minimum atomic E-state index is -2.34. The Morgan fingerprint density at radius 2 is 0.411 bits per heavy atom. The van der Waals surface area contributed by atoms with E-state index in [1.807, 2.05) is 146 Å². The topological polar surface area (TPSA) is 172 Å². The van der Waals surface area contributed by atoms with Gasteiger partial charge in [-0.05, 0) is 70.6 Å². The van der Waals surface area contributed by atoms with Crippen LogP contribution in [0.25, 0.3) is 67.5 Å². The number of hydrogen-bond acceptors (Lipinski definition) is 6. The molecule has 16 aromatic rings. The molecule has 0 atom stereocenters. The number of H-pyrrole nitrogens is 6. The summed E-state index contributed by atoms with van der Waals surface area (Å²) >= 11 is 0. The number of nitrogens with zero attached hydrogens (tertiary/aromatic N) is 6. The van der Waals surface area contributed by atoms with Crippen LogP contribution in [0, 0.1) is 6.92 Å². The van der Waals surface area contributed by atoms with Crippen molar-refractivity contribution in [1.82, 2.24) is 61.2 Å². The maximum Gasteiger partial charge on any atom is 2.00 e. The molecule has 0 saturated heterocycles. The summed E-state index contributed by atoms with van der Waals surface area (Å²) < 4.78 is 0. The summed E-state index contributed by atoms with van der Waals surface area (Å²) in [5.41, 5.74) is 20.3. The van der Waals surface area contributed by atoms with Gasteiger partial charge in [0.05, 0.1) is 47.6 Å². The fourth-order valence-corrected chi connectivity index (χ4v) is 18.9. The first-order valence-electron chi connectivity index (χ1n) is 31.8. The maximum absolute atomic E-state index is 4.67. The molecule has 6 aromatic heterocycles. The molecule has 0 radical (unpaired) electrons. The maximum atomic E-state index is 4.67. The third kappa shape index (κ3) is 12.9. The van der Waals surface area contributed by atoms with Crippen molar-refractivity contribution in [1.29, 1.82) is 0 Å². The van der Waals surface area contributed by atoms with Crippen molar-refractivity contribution < 1.29 is 16.5 Å². The average molecular weight is 1300 g/mol. The van der Waals surface area contributed by atoms with Crippen LogP contribution in [0.15, 0.2) is 334 Å². The Labute approximate surface area is 563 Å². The smallest absolute Gasteiger partial charge is 0.288 e. The minimum absolute atomic E-state index is 0. The molecule has 0 saturated carbocycles. The van der Waals surface area contributed by atoms with Gasteiger partial charge in [0, 0.05) is 0 Å². The largest absolute Gasteiger partial charge is 2.00 e. The summed E-state index contributed by atoms with van der Waals surface area (Å²) in [7, 11) is -2.34. The molecule has 0 amide bonds. The molecule has 0 spiro atoms. The van der Waals surface area contributed by atoms with E-state index in [0.29, 0.717) is 0 Å². The van der Waals surface area contributed by atoms with Crippen molar-refractivity contribution in [3.63, 3.8) is 0 Å². The normalized spacial score (nSPS) is 11.3. The molecule has 0 aliphatic rings. The number of nitrogens with one attached hydrogen (secondary N) is 6. The first-order chi connectivity index (χ1) is 46.6. The van der Waals surface area contributed by atoms with E-state index in [1.54, 1.807) is 0 Å². The van der Waals surface area contributed by atoms with Crippen LogP contribution in [0.3, 0.4) is 0 Å². The molecule has 10 aromatic carbocycles. The number of aromatic amines is 6. The molecule has 0 aliphatic heterocycles. The van der Waals surface area contributed by atoms with Gasteiger partial charge in [0.25, 0.3) is 0 Å². The van der Waals surface area contributed by atoms with Crippen molar-refractivity contribution in [2.24, 2.45) is 0 Å². The molecule has 0 fully saturated rings. The second-order valence-electron chi connectivity index (χ2n) is 23.5. The molecular weight excluding hydrogens is 1230 g/mol. The Bertz CT molecular complexity index is 4290. The second kappa shape index (κ2) is 29.4. The summed E-state index contributed by atoms with van der Waals surface area (Å²) in [4.78, 5) is 0. The van der Waals surface area contributed by atoms with Crippen LogP contribution in [0.5, 0.6) is 0 Å². The van der Waals surface area contributed by atoms with Gasteiger partial charge >= 0.3 is 173 Å². The van der Waals surface area contributed by atoms with Gasteiger partial charge in [-0.1, -0.05) is 182 Å². The summed E-state index contributed by atoms with van der Waals surface area (Å²) in [6, 6.07) is 104. The predicted molar refractivity (Wildman–Crippen MR) is 394 cm³/mol. The van der Waals surface area contributed by atoms with E-state index in [0.717, 1.165) is 100 Å². The molecule has 16 rings (SSSR count). The van der Waals surface area contributed by atoms with E-state index >= 15 is 0 Å². The molecule has 0 unspecified atom stereocenters. The second-order valence-corrected chi connectivity index (χ2v) is 27.2. The zero-order valence-corrected chi connectivity index (χ0v) is 54.2. The van der Waals surface area contributed by atoms with Crippen molar-refractivity contribution in [2.45, 2.75) is 6.92 Å². The van der Waals surface area contributed by atoms with E-state index in [4.69, 9.17) is 0 Å². The molecule has 6 N–H and O–H groups in total. The molecular formula is C79H67B2N12NiP. The van der Waals surface area contributed by atoms with Gasteiger partial charge in [-0.15, -0.1) is 0 Å². The SMILES string of the molecule is Cc1ccccc1[PH](c1ccccc1)(c1ccccc1)c1ccccc1.[Ni+2].c1ccc(-c2n[nH]cc2[BH-](c2c[nH]nc2-c2ccccc2)c2c[nH]nc2-c2ccccc2)cc1.c1ccc(-c2n[nH]cc2[BH-](c2c[nH]nc2-c2ccccc2)c2c[nH]nc2-c2ccccc2)cc1. The van der Waals surface area contributed by atoms with E-state index < -0.39 is 20.7 Å². The summed E-state index contributed by atoms with van der Waals surface area (Å²) in [5.74, 6) is 0. The summed E-state index contributed by atoms with van der Waals surface area (Å²) in [6.45, 7) is -0.367. The first-order valence-corrected chi connectivity index (χ1v) is 33.8. The minimum Gasteiger partial charge on any atom is -0.288 e. The van der Waals surface area contributed by atoms with E-state index in [1.165, 1.54) is 26.8 Å². The van der Waals surface area contributed by atoms with Crippen molar-refractivity contribution >= 4 is 74.7 Å². The van der Waals surface area contributed by atoms with Crippen LogP contribution in [0.2, 0.25) is 0 Å². The number of aromatic nitrogens is 12. The van der Waals surface area contributed by atoms with Crippen LogP contribution in [0.4, 0.5) is 0 Å². The number of rotatable bonds is 16. The molecule has 95 heavy (non-hydrogen) atoms. The Hall–Kier alpha value is -11.5. The Morgan fingerprint density at radius 1 is 0.232 bits per heavy atom. The van der Waals surface area contributed by atoms with Gasteiger partial charge in [-0.3, -0.25) is 30.6 Å². The van der Waals surface area contributed by atoms with Crippen molar-refractivity contribution in [3.8, 4) is 67.5 Å². The van der Waals surface area contributed by atoms with E-state index in [9.17, 15) is 0 Å². The summed E-state index contributed by atoms with van der Waals surface area (Å²) in [5, 5.41) is 52.5. The molecule has 6 heterocycles. The van der Waals surface area contributed by atoms with Crippen LogP contribution in [-0.2, 0) is 16.5 Å². The number of aryl methyl sites for hydroxylation is 1. The monoisotopic (exact) mass is 1290 g/mol. The van der Waals surface area contributed by atoms with Gasteiger partial charge < -0.3 is 0 Å². The fraction of sp³-hybridized carbons (Fsp3) is 0.0127. The van der Waals surface area contributed by atoms with E-state index in [-0.39, 0.29) is 16.5 Å². The van der Waals surface area contributed by atoms with Gasteiger partial charge in [-0.25, -0.2) is 0 Å². The average Bonchev–Trinajstić information content (AvgIpc) is 1.60. The number of benzene rings is 10. The zero-order chi connectivity index (χ0) is 63.3. The standard InChI is InChI=1S/2C27H22BN6.C25H23P.Ni/c2*1-4-10-19(11-5-1)25-22(16-29-32-25)28(23-17-30-33-26(23)20-12-6-2-7-13-20)24-18-31-34-27(24)21-14-8-3-9-15-21;1-21-13-11-12-20-25(21)26(22-14-5-2-6-15-22,23-16-7-3-8-17-23)24-18-9-4-10-19-24;/h2*1-18,28H,(H,29,32)(H,30,33)(H,31,34);2-20,26H,1H3;/q2*-1;;+2. The third-order valence-electron chi connectivity index (χ3n) is 18.1. The molecule has 12 nitrogen and oxygen atoms in total. The third-order valence-corrected chi connectivity index (χ3v) is 23.0. The molecule has 0 aliphatic carbocycles. The fourth-order valence-electron chi connectivity index (χ4n) is 13.8. The Balaban J connectivity index is 0.000000130. The Morgan fingerprint density at radius 3 is 0.611 bits per heavy atom. The molecule has 16 heteroatoms. The van der Waals surface area contributed by atoms with Crippen molar-refractivity contribution in [2.75, 3.05) is 0 Å². The number of hydrogen-bond donors (Lipinski definition) is 6. The van der Waals surface area contributed by atoms with Crippen molar-refractivity contribution in [3.05, 3.63) is 340 Å². The van der Waals surface area contributed by atoms with Gasteiger partial charge in [0.1, 0.15) is 0 Å². The van der Waals surface area contributed by atoms with Crippen LogP contribution >= 0.6 is 7.26 Å². The predicted octanol–water partition coefficient (Wildman–Crippen LogP) is 10.6. The van der Waals surface area contributed by atoms with Crippen LogP contribution < -0.4 is 54.0 Å². The van der Waals surface area contributed by atoms with Gasteiger partial charge in [0.2, 0.25) is 0 Å². The molecule has 0 bridgehead atoms. The first kappa shape index (κ1) is 62.3. The Kier molecular flexibility index (Phi) is 19.3. The van der Waals surface area contributed by atoms with Crippen LogP contribution in [-0.4, -0.2) is 74.6 Å². The molecule has 464 valence electrons. The van der Waals surface area contributed by atoms with E-state index in [2.05, 4.69) is 256 Å². The van der Waals surface area contributed by atoms with Gasteiger partial charge in [0.15, 0.2) is 0 Å². The van der Waals surface area contributed by atoms with Gasteiger partial charge in [-0.2, -0.15) is 63.4 Å². The summed E-state index contributed by atoms with van der Waals surface area (Å²) in [6.07, 6.45) is 12.1. The van der Waals surface area contributed by atoms with Crippen LogP contribution in [0.1, 0.15) is 5.56 Å². The quantitative estimate of drug-likeness (QED) is 0.0415.